The molecule has 0 aliphatic rings. The predicted molar refractivity (Wildman–Crippen MR) is 70.8 cm³/mol. The van der Waals surface area contributed by atoms with Gasteiger partial charge in [-0.05, 0) is 27.8 Å². The molecule has 0 radical (unpaired) electrons. The molecule has 0 fully saturated rings. The Bertz CT molecular complexity index is 389. The van der Waals surface area contributed by atoms with Gasteiger partial charge in [0.05, 0.1) is 11.3 Å². The van der Waals surface area contributed by atoms with E-state index < -0.39 is 0 Å². The maximum absolute atomic E-state index is 11.9. The second-order valence-electron chi connectivity index (χ2n) is 4.07. The van der Waals surface area contributed by atoms with E-state index in [1.807, 2.05) is 34.9 Å². The largest absolute Gasteiger partial charge is 0.350 e. The van der Waals surface area contributed by atoms with E-state index in [9.17, 15) is 4.79 Å². The third-order valence-electron chi connectivity index (χ3n) is 2.80. The average Bonchev–Trinajstić information content (AvgIpc) is 2.49. The number of carbonyl (C=O) groups excluding carboxylic acids is 1. The Balaban J connectivity index is 0.00000256. The number of hydrogen-bond donors (Lipinski definition) is 2. The Morgan fingerprint density at radius 3 is 2.47 bits per heavy atom. The first-order valence-corrected chi connectivity index (χ1v) is 5.43. The van der Waals surface area contributed by atoms with Gasteiger partial charge in [0.1, 0.15) is 0 Å². The standard InChI is InChI=1S/C11H20N4O.ClH/c1-7(12-4)6-13-11(16)10-8(2)14-15(5)9(10)3;/h7,12H,6H2,1-5H3,(H,13,16);1H. The molecule has 0 aliphatic heterocycles. The molecule has 98 valence electrons. The highest BCUT2D eigenvalue weighted by Crippen LogP contribution is 2.11. The van der Waals surface area contributed by atoms with Gasteiger partial charge in [-0.15, -0.1) is 12.4 Å². The van der Waals surface area contributed by atoms with Crippen LogP contribution < -0.4 is 10.6 Å². The lowest BCUT2D eigenvalue weighted by molar-refractivity contribution is 0.0949. The van der Waals surface area contributed by atoms with Crippen LogP contribution in [0.1, 0.15) is 28.7 Å². The number of aryl methyl sites for hydroxylation is 2. The van der Waals surface area contributed by atoms with Gasteiger partial charge >= 0.3 is 0 Å². The molecular formula is C11H21ClN4O. The number of hydrogen-bond acceptors (Lipinski definition) is 3. The van der Waals surface area contributed by atoms with E-state index in [1.165, 1.54) is 0 Å². The van der Waals surface area contributed by atoms with Crippen LogP contribution in [0.2, 0.25) is 0 Å². The number of halogens is 1. The lowest BCUT2D eigenvalue weighted by atomic mass is 10.2. The molecule has 17 heavy (non-hydrogen) atoms. The smallest absolute Gasteiger partial charge is 0.255 e. The summed E-state index contributed by atoms with van der Waals surface area (Å²) in [6.07, 6.45) is 0. The maximum atomic E-state index is 11.9. The second kappa shape index (κ2) is 6.61. The molecule has 6 heteroatoms. The van der Waals surface area contributed by atoms with Gasteiger partial charge in [0.15, 0.2) is 0 Å². The summed E-state index contributed by atoms with van der Waals surface area (Å²) in [6, 6.07) is 0.265. The van der Waals surface area contributed by atoms with Crippen molar-refractivity contribution in [2.45, 2.75) is 26.8 Å². The van der Waals surface area contributed by atoms with Gasteiger partial charge in [-0.3, -0.25) is 9.48 Å². The van der Waals surface area contributed by atoms with Gasteiger partial charge in [0.25, 0.3) is 5.91 Å². The summed E-state index contributed by atoms with van der Waals surface area (Å²) < 4.78 is 1.73. The first kappa shape index (κ1) is 15.9. The van der Waals surface area contributed by atoms with Crippen LogP contribution in [0.15, 0.2) is 0 Å². The van der Waals surface area contributed by atoms with E-state index in [0.29, 0.717) is 12.1 Å². The normalized spacial score (nSPS) is 11.8. The van der Waals surface area contributed by atoms with Crippen LogP contribution in [0.25, 0.3) is 0 Å². The molecule has 1 atom stereocenters. The van der Waals surface area contributed by atoms with Gasteiger partial charge in [-0.2, -0.15) is 5.10 Å². The van der Waals surface area contributed by atoms with Crippen molar-refractivity contribution in [1.82, 2.24) is 20.4 Å². The molecule has 0 bridgehead atoms. The lowest BCUT2D eigenvalue weighted by Crippen LogP contribution is -2.37. The molecule has 5 nitrogen and oxygen atoms in total. The summed E-state index contributed by atoms with van der Waals surface area (Å²) >= 11 is 0. The first-order chi connectivity index (χ1) is 7.47. The minimum absolute atomic E-state index is 0. The van der Waals surface area contributed by atoms with Crippen molar-refractivity contribution in [3.63, 3.8) is 0 Å². The molecule has 0 spiro atoms. The maximum Gasteiger partial charge on any atom is 0.255 e. The van der Waals surface area contributed by atoms with Crippen molar-refractivity contribution >= 4 is 18.3 Å². The summed E-state index contributed by atoms with van der Waals surface area (Å²) in [4.78, 5) is 11.9. The first-order valence-electron chi connectivity index (χ1n) is 5.43. The molecule has 0 aromatic carbocycles. The SMILES string of the molecule is CNC(C)CNC(=O)c1c(C)nn(C)c1C.Cl. The molecule has 1 amide bonds. The van der Waals surface area contributed by atoms with Crippen LogP contribution in [-0.2, 0) is 7.05 Å². The van der Waals surface area contributed by atoms with E-state index in [1.54, 1.807) is 4.68 Å². The number of rotatable bonds is 4. The summed E-state index contributed by atoms with van der Waals surface area (Å²) in [6.45, 7) is 6.38. The molecule has 0 saturated carbocycles. The fourth-order valence-corrected chi connectivity index (χ4v) is 1.54. The number of nitrogens with zero attached hydrogens (tertiary/aromatic N) is 2. The van der Waals surface area contributed by atoms with E-state index in [2.05, 4.69) is 15.7 Å². The van der Waals surface area contributed by atoms with Crippen molar-refractivity contribution < 1.29 is 4.79 Å². The third kappa shape index (κ3) is 3.71. The fraction of sp³-hybridized carbons (Fsp3) is 0.636. The summed E-state index contributed by atoms with van der Waals surface area (Å²) in [7, 11) is 3.72. The van der Waals surface area contributed by atoms with Crippen LogP contribution >= 0.6 is 12.4 Å². The van der Waals surface area contributed by atoms with Gasteiger partial charge < -0.3 is 10.6 Å². The van der Waals surface area contributed by atoms with Gasteiger partial charge in [0, 0.05) is 25.3 Å². The van der Waals surface area contributed by atoms with E-state index >= 15 is 0 Å². The summed E-state index contributed by atoms with van der Waals surface area (Å²) in [5.41, 5.74) is 2.35. The topological polar surface area (TPSA) is 58.9 Å². The zero-order valence-electron chi connectivity index (χ0n) is 11.0. The Morgan fingerprint density at radius 1 is 1.47 bits per heavy atom. The van der Waals surface area contributed by atoms with E-state index in [0.717, 1.165) is 11.4 Å². The highest BCUT2D eigenvalue weighted by atomic mass is 35.5. The van der Waals surface area contributed by atoms with Gasteiger partial charge in [-0.25, -0.2) is 0 Å². The van der Waals surface area contributed by atoms with Crippen LogP contribution in [-0.4, -0.2) is 35.3 Å². The number of amides is 1. The molecule has 1 rings (SSSR count). The van der Waals surface area contributed by atoms with Gasteiger partial charge in [0.2, 0.25) is 0 Å². The Hall–Kier alpha value is -1.07. The third-order valence-corrected chi connectivity index (χ3v) is 2.80. The molecule has 1 heterocycles. The summed E-state index contributed by atoms with van der Waals surface area (Å²) in [5, 5.41) is 10.2. The van der Waals surface area contributed by atoms with E-state index in [4.69, 9.17) is 0 Å². The average molecular weight is 261 g/mol. The Morgan fingerprint density at radius 2 is 2.06 bits per heavy atom. The van der Waals surface area contributed by atoms with Crippen molar-refractivity contribution in [3.8, 4) is 0 Å². The highest BCUT2D eigenvalue weighted by molar-refractivity contribution is 5.96. The van der Waals surface area contributed by atoms with Crippen LogP contribution in [0.5, 0.6) is 0 Å². The molecule has 1 aromatic rings. The molecule has 1 aromatic heterocycles. The van der Waals surface area contributed by atoms with Crippen molar-refractivity contribution in [3.05, 3.63) is 17.0 Å². The van der Waals surface area contributed by atoms with Crippen molar-refractivity contribution in [2.75, 3.05) is 13.6 Å². The van der Waals surface area contributed by atoms with Crippen molar-refractivity contribution in [2.24, 2.45) is 7.05 Å². The Labute approximate surface area is 108 Å². The minimum atomic E-state index is -0.0507. The second-order valence-corrected chi connectivity index (χ2v) is 4.07. The van der Waals surface area contributed by atoms with Crippen LogP contribution in [0.4, 0.5) is 0 Å². The molecular weight excluding hydrogens is 240 g/mol. The summed E-state index contributed by atoms with van der Waals surface area (Å²) in [5.74, 6) is -0.0507. The zero-order chi connectivity index (χ0) is 12.3. The molecule has 2 N–H and O–H groups in total. The van der Waals surface area contributed by atoms with Crippen molar-refractivity contribution in [1.29, 1.82) is 0 Å². The Kier molecular flexibility index (Phi) is 6.20. The fourth-order valence-electron chi connectivity index (χ4n) is 1.54. The number of aromatic nitrogens is 2. The van der Waals surface area contributed by atoms with Gasteiger partial charge in [-0.1, -0.05) is 0 Å². The predicted octanol–water partition coefficient (Wildman–Crippen LogP) is 0.796. The number of carbonyl (C=O) groups is 1. The lowest BCUT2D eigenvalue weighted by Gasteiger charge is -2.11. The quantitative estimate of drug-likeness (QED) is 0.842. The molecule has 0 aliphatic carbocycles. The molecule has 0 saturated heterocycles. The number of nitrogens with one attached hydrogen (secondary N) is 2. The van der Waals surface area contributed by atoms with Crippen LogP contribution in [0, 0.1) is 13.8 Å². The van der Waals surface area contributed by atoms with Crippen LogP contribution in [0.3, 0.4) is 0 Å². The number of likely N-dealkylation sites (N-methyl/N-ethyl adjacent to an activating group) is 1. The van der Waals surface area contributed by atoms with E-state index in [-0.39, 0.29) is 24.4 Å². The molecule has 1 unspecified atom stereocenters. The highest BCUT2D eigenvalue weighted by Gasteiger charge is 2.17. The monoisotopic (exact) mass is 260 g/mol. The minimum Gasteiger partial charge on any atom is -0.350 e. The zero-order valence-corrected chi connectivity index (χ0v) is 11.8.